The van der Waals surface area contributed by atoms with Crippen LogP contribution in [0, 0.1) is 6.92 Å². The maximum absolute atomic E-state index is 11.9. The standard InChI is InChI=1S/C16H18ClN3O3S/c1-10-3-4-11(8-13(10)17)7-12-9-18-15(24-12)19-16(23)20(2)6-5-14(21)22/h3-4,8-9H,5-7H2,1-2H3,(H,21,22)(H,18,19,23). The quantitative estimate of drug-likeness (QED) is 0.816. The van der Waals surface area contributed by atoms with Gasteiger partial charge in [0, 0.05) is 36.1 Å². The minimum absolute atomic E-state index is 0.0960. The molecule has 128 valence electrons. The van der Waals surface area contributed by atoms with Crippen molar-refractivity contribution in [1.29, 1.82) is 0 Å². The Hall–Kier alpha value is -2.12. The van der Waals surface area contributed by atoms with Gasteiger partial charge >= 0.3 is 12.0 Å². The number of nitrogens with one attached hydrogen (secondary N) is 1. The van der Waals surface area contributed by atoms with Crippen LogP contribution in [0.1, 0.15) is 22.4 Å². The van der Waals surface area contributed by atoms with E-state index in [9.17, 15) is 9.59 Å². The number of carboxylic acids is 1. The highest BCUT2D eigenvalue weighted by molar-refractivity contribution is 7.15. The number of nitrogens with zero attached hydrogens (tertiary/aromatic N) is 2. The van der Waals surface area contributed by atoms with Gasteiger partial charge in [-0.1, -0.05) is 23.7 Å². The van der Waals surface area contributed by atoms with Crippen molar-refractivity contribution in [2.24, 2.45) is 0 Å². The van der Waals surface area contributed by atoms with Crippen LogP contribution in [0.5, 0.6) is 0 Å². The summed E-state index contributed by atoms with van der Waals surface area (Å²) < 4.78 is 0. The highest BCUT2D eigenvalue weighted by Crippen LogP contribution is 2.24. The van der Waals surface area contributed by atoms with E-state index >= 15 is 0 Å². The third-order valence-corrected chi connectivity index (χ3v) is 4.71. The Morgan fingerprint density at radius 3 is 2.83 bits per heavy atom. The molecule has 0 radical (unpaired) electrons. The van der Waals surface area contributed by atoms with E-state index in [0.29, 0.717) is 11.6 Å². The van der Waals surface area contributed by atoms with E-state index in [1.807, 2.05) is 25.1 Å². The number of urea groups is 1. The smallest absolute Gasteiger partial charge is 0.323 e. The number of halogens is 1. The molecule has 0 saturated heterocycles. The molecule has 24 heavy (non-hydrogen) atoms. The molecule has 2 aromatic rings. The third kappa shape index (κ3) is 5.21. The average molecular weight is 368 g/mol. The molecule has 0 aliphatic rings. The van der Waals surface area contributed by atoms with Gasteiger partial charge in [-0.2, -0.15) is 0 Å². The van der Waals surface area contributed by atoms with Gasteiger partial charge in [0.1, 0.15) is 0 Å². The number of rotatable bonds is 6. The second-order valence-electron chi connectivity index (χ2n) is 5.39. The van der Waals surface area contributed by atoms with Crippen LogP contribution in [0.3, 0.4) is 0 Å². The predicted molar refractivity (Wildman–Crippen MR) is 95.0 cm³/mol. The molecule has 0 atom stereocenters. The van der Waals surface area contributed by atoms with Gasteiger partial charge in [0.2, 0.25) is 0 Å². The van der Waals surface area contributed by atoms with E-state index in [1.54, 1.807) is 13.2 Å². The molecule has 0 bridgehead atoms. The number of thiazole rings is 1. The van der Waals surface area contributed by atoms with E-state index in [-0.39, 0.29) is 19.0 Å². The first-order valence-corrected chi connectivity index (χ1v) is 8.48. The van der Waals surface area contributed by atoms with Gasteiger partial charge in [0.25, 0.3) is 0 Å². The molecule has 0 spiro atoms. The zero-order valence-corrected chi connectivity index (χ0v) is 14.9. The summed E-state index contributed by atoms with van der Waals surface area (Å²) in [5, 5.41) is 12.5. The molecule has 0 aliphatic carbocycles. The molecular weight excluding hydrogens is 350 g/mol. The van der Waals surface area contributed by atoms with Crippen LogP contribution < -0.4 is 5.32 Å². The van der Waals surface area contributed by atoms with Crippen LogP contribution in [0.2, 0.25) is 5.02 Å². The highest BCUT2D eigenvalue weighted by Gasteiger charge is 2.12. The Kier molecular flexibility index (Phi) is 6.16. The first-order chi connectivity index (χ1) is 11.3. The molecule has 2 rings (SSSR count). The highest BCUT2D eigenvalue weighted by atomic mass is 35.5. The number of carbonyl (C=O) groups excluding carboxylic acids is 1. The van der Waals surface area contributed by atoms with Gasteiger partial charge < -0.3 is 10.0 Å². The van der Waals surface area contributed by atoms with Gasteiger partial charge in [0.05, 0.1) is 6.42 Å². The fourth-order valence-electron chi connectivity index (χ4n) is 1.95. The second-order valence-corrected chi connectivity index (χ2v) is 6.91. The topological polar surface area (TPSA) is 82.5 Å². The summed E-state index contributed by atoms with van der Waals surface area (Å²) in [6.45, 7) is 2.09. The molecule has 1 aromatic carbocycles. The number of aromatic nitrogens is 1. The molecule has 0 fully saturated rings. The van der Waals surface area contributed by atoms with E-state index in [2.05, 4.69) is 10.3 Å². The van der Waals surface area contributed by atoms with Crippen molar-refractivity contribution in [1.82, 2.24) is 9.88 Å². The van der Waals surface area contributed by atoms with Crippen molar-refractivity contribution in [3.8, 4) is 0 Å². The lowest BCUT2D eigenvalue weighted by Crippen LogP contribution is -2.33. The summed E-state index contributed by atoms with van der Waals surface area (Å²) in [6.07, 6.45) is 2.30. The van der Waals surface area contributed by atoms with Crippen LogP contribution in [0.25, 0.3) is 0 Å². The zero-order chi connectivity index (χ0) is 17.7. The largest absolute Gasteiger partial charge is 0.481 e. The Labute approximate surface area is 149 Å². The van der Waals surface area contributed by atoms with Gasteiger partial charge in [-0.25, -0.2) is 9.78 Å². The number of benzene rings is 1. The summed E-state index contributed by atoms with van der Waals surface area (Å²) in [5.41, 5.74) is 2.10. The van der Waals surface area contributed by atoms with Gasteiger partial charge in [-0.15, -0.1) is 11.3 Å². The molecule has 0 saturated carbocycles. The van der Waals surface area contributed by atoms with Crippen molar-refractivity contribution in [2.45, 2.75) is 19.8 Å². The van der Waals surface area contributed by atoms with E-state index in [4.69, 9.17) is 16.7 Å². The van der Waals surface area contributed by atoms with Crippen molar-refractivity contribution in [3.63, 3.8) is 0 Å². The van der Waals surface area contributed by atoms with E-state index < -0.39 is 5.97 Å². The molecule has 1 heterocycles. The van der Waals surface area contributed by atoms with Crippen LogP contribution in [-0.2, 0) is 11.2 Å². The summed E-state index contributed by atoms with van der Waals surface area (Å²) in [4.78, 5) is 29.0. The number of carbonyl (C=O) groups is 2. The monoisotopic (exact) mass is 367 g/mol. The first-order valence-electron chi connectivity index (χ1n) is 7.29. The van der Waals surface area contributed by atoms with Crippen molar-refractivity contribution in [3.05, 3.63) is 45.4 Å². The van der Waals surface area contributed by atoms with Crippen molar-refractivity contribution < 1.29 is 14.7 Å². The van der Waals surface area contributed by atoms with Crippen LogP contribution in [0.4, 0.5) is 9.93 Å². The molecule has 2 amide bonds. The lowest BCUT2D eigenvalue weighted by molar-refractivity contribution is -0.137. The molecule has 1 aromatic heterocycles. The number of hydrogen-bond donors (Lipinski definition) is 2. The second kappa shape index (κ2) is 8.12. The van der Waals surface area contributed by atoms with Crippen LogP contribution in [0.15, 0.2) is 24.4 Å². The lowest BCUT2D eigenvalue weighted by atomic mass is 10.1. The Bertz CT molecular complexity index is 748. The van der Waals surface area contributed by atoms with Crippen LogP contribution >= 0.6 is 22.9 Å². The molecule has 2 N–H and O–H groups in total. The maximum Gasteiger partial charge on any atom is 0.323 e. The Balaban J connectivity index is 1.93. The number of hydrogen-bond acceptors (Lipinski definition) is 4. The number of aliphatic carboxylic acids is 1. The van der Waals surface area contributed by atoms with Gasteiger partial charge in [-0.3, -0.25) is 10.1 Å². The van der Waals surface area contributed by atoms with E-state index in [1.165, 1.54) is 16.2 Å². The first kappa shape index (κ1) is 18.2. The Morgan fingerprint density at radius 2 is 2.17 bits per heavy atom. The maximum atomic E-state index is 11.9. The van der Waals surface area contributed by atoms with E-state index in [0.717, 1.165) is 21.0 Å². The summed E-state index contributed by atoms with van der Waals surface area (Å²) in [6, 6.07) is 5.53. The summed E-state index contributed by atoms with van der Waals surface area (Å²) in [5.74, 6) is -0.942. The fraction of sp³-hybridized carbons (Fsp3) is 0.312. The summed E-state index contributed by atoms with van der Waals surface area (Å²) >= 11 is 7.50. The molecule has 8 heteroatoms. The number of carboxylic acid groups (broad SMARTS) is 1. The number of amides is 2. The Morgan fingerprint density at radius 1 is 1.42 bits per heavy atom. The van der Waals surface area contributed by atoms with Crippen molar-refractivity contribution in [2.75, 3.05) is 18.9 Å². The fourth-order valence-corrected chi connectivity index (χ4v) is 2.99. The van der Waals surface area contributed by atoms with Gasteiger partial charge in [-0.05, 0) is 24.1 Å². The van der Waals surface area contributed by atoms with Crippen LogP contribution in [-0.4, -0.2) is 40.6 Å². The average Bonchev–Trinajstić information content (AvgIpc) is 2.95. The minimum Gasteiger partial charge on any atom is -0.481 e. The molecule has 6 nitrogen and oxygen atoms in total. The molecular formula is C16H18ClN3O3S. The third-order valence-electron chi connectivity index (χ3n) is 3.39. The predicted octanol–water partition coefficient (Wildman–Crippen LogP) is 3.63. The SMILES string of the molecule is Cc1ccc(Cc2cnc(NC(=O)N(C)CCC(=O)O)s2)cc1Cl. The lowest BCUT2D eigenvalue weighted by Gasteiger charge is -2.15. The number of anilines is 1. The van der Waals surface area contributed by atoms with Crippen molar-refractivity contribution >= 4 is 40.1 Å². The zero-order valence-electron chi connectivity index (χ0n) is 13.4. The minimum atomic E-state index is -0.942. The number of aryl methyl sites for hydroxylation is 1. The summed E-state index contributed by atoms with van der Waals surface area (Å²) in [7, 11) is 1.54. The molecule has 0 aliphatic heterocycles. The molecule has 0 unspecified atom stereocenters. The van der Waals surface area contributed by atoms with Gasteiger partial charge in [0.15, 0.2) is 5.13 Å². The normalized spacial score (nSPS) is 10.5.